The van der Waals surface area contributed by atoms with Gasteiger partial charge in [0.15, 0.2) is 6.61 Å². The molecule has 8 heteroatoms. The first-order chi connectivity index (χ1) is 14.0. The number of hydrogen-bond acceptors (Lipinski definition) is 6. The summed E-state index contributed by atoms with van der Waals surface area (Å²) >= 11 is 0. The van der Waals surface area contributed by atoms with Gasteiger partial charge >= 0.3 is 5.97 Å². The quantitative estimate of drug-likeness (QED) is 0.591. The standard InChI is InChI=1S/C21H23N5O3/c1-15(2)12-19(16-6-4-3-5-7-16)23-20(27)13-29-21(28)17-8-10-18(11-9-17)26-14-22-24-25-26/h3-11,14-15,19H,12-13H2,1-2H3,(H,23,27)/t19-/m1/s1. The molecule has 0 radical (unpaired) electrons. The summed E-state index contributed by atoms with van der Waals surface area (Å²) in [5, 5.41) is 13.9. The van der Waals surface area contributed by atoms with Crippen LogP contribution < -0.4 is 5.32 Å². The molecule has 0 bridgehead atoms. The first-order valence-electron chi connectivity index (χ1n) is 9.38. The summed E-state index contributed by atoms with van der Waals surface area (Å²) in [7, 11) is 0. The van der Waals surface area contributed by atoms with Crippen molar-refractivity contribution in [3.05, 3.63) is 72.1 Å². The number of amides is 1. The van der Waals surface area contributed by atoms with Crippen molar-refractivity contribution >= 4 is 11.9 Å². The van der Waals surface area contributed by atoms with Crippen molar-refractivity contribution in [2.24, 2.45) is 5.92 Å². The summed E-state index contributed by atoms with van der Waals surface area (Å²) in [6, 6.07) is 16.2. The highest BCUT2D eigenvalue weighted by atomic mass is 16.5. The molecule has 8 nitrogen and oxygen atoms in total. The zero-order valence-corrected chi connectivity index (χ0v) is 16.4. The second-order valence-electron chi connectivity index (χ2n) is 7.04. The molecule has 0 aliphatic rings. The minimum Gasteiger partial charge on any atom is -0.452 e. The van der Waals surface area contributed by atoms with E-state index in [2.05, 4.69) is 34.7 Å². The van der Waals surface area contributed by atoms with Gasteiger partial charge in [-0.25, -0.2) is 9.48 Å². The van der Waals surface area contributed by atoms with Gasteiger partial charge in [0.25, 0.3) is 5.91 Å². The highest BCUT2D eigenvalue weighted by molar-refractivity contribution is 5.91. The van der Waals surface area contributed by atoms with Gasteiger partial charge in [0.2, 0.25) is 0 Å². The van der Waals surface area contributed by atoms with E-state index in [1.807, 2.05) is 30.3 Å². The molecule has 0 spiro atoms. The third kappa shape index (κ3) is 5.71. The van der Waals surface area contributed by atoms with E-state index >= 15 is 0 Å². The number of ether oxygens (including phenoxy) is 1. The summed E-state index contributed by atoms with van der Waals surface area (Å²) in [5.74, 6) is -0.497. The molecule has 1 N–H and O–H groups in total. The molecule has 1 aromatic heterocycles. The second-order valence-corrected chi connectivity index (χ2v) is 7.04. The van der Waals surface area contributed by atoms with E-state index in [1.54, 1.807) is 24.3 Å². The van der Waals surface area contributed by atoms with Gasteiger partial charge in [0, 0.05) is 0 Å². The molecule has 0 fully saturated rings. The number of esters is 1. The Morgan fingerprint density at radius 2 is 1.79 bits per heavy atom. The number of benzene rings is 2. The maximum Gasteiger partial charge on any atom is 0.338 e. The number of tetrazole rings is 1. The maximum atomic E-state index is 12.3. The van der Waals surface area contributed by atoms with Crippen LogP contribution in [-0.4, -0.2) is 38.7 Å². The topological polar surface area (TPSA) is 99.0 Å². The van der Waals surface area contributed by atoms with Gasteiger partial charge in [-0.3, -0.25) is 4.79 Å². The molecule has 3 aromatic rings. The summed E-state index contributed by atoms with van der Waals surface area (Å²) in [6.07, 6.45) is 2.25. The lowest BCUT2D eigenvalue weighted by Crippen LogP contribution is -2.33. The Morgan fingerprint density at radius 1 is 1.07 bits per heavy atom. The van der Waals surface area contributed by atoms with Gasteiger partial charge < -0.3 is 10.1 Å². The normalized spacial score (nSPS) is 11.8. The molecule has 1 amide bonds. The van der Waals surface area contributed by atoms with Gasteiger partial charge in [-0.05, 0) is 52.6 Å². The molecule has 0 saturated carbocycles. The smallest absolute Gasteiger partial charge is 0.338 e. The van der Waals surface area contributed by atoms with Crippen LogP contribution in [0.2, 0.25) is 0 Å². The minimum atomic E-state index is -0.566. The minimum absolute atomic E-state index is 0.127. The molecule has 0 unspecified atom stereocenters. The number of nitrogens with zero attached hydrogens (tertiary/aromatic N) is 4. The van der Waals surface area contributed by atoms with Crippen molar-refractivity contribution in [3.8, 4) is 5.69 Å². The van der Waals surface area contributed by atoms with Crippen LogP contribution in [-0.2, 0) is 9.53 Å². The third-order valence-electron chi connectivity index (χ3n) is 4.30. The lowest BCUT2D eigenvalue weighted by molar-refractivity contribution is -0.125. The second kappa shape index (κ2) is 9.59. The Kier molecular flexibility index (Phi) is 6.67. The zero-order chi connectivity index (χ0) is 20.6. The number of rotatable bonds is 8. The van der Waals surface area contributed by atoms with Crippen molar-refractivity contribution in [3.63, 3.8) is 0 Å². The number of carbonyl (C=O) groups excluding carboxylic acids is 2. The van der Waals surface area contributed by atoms with E-state index in [1.165, 1.54) is 11.0 Å². The SMILES string of the molecule is CC(C)C[C@@H](NC(=O)COC(=O)c1ccc(-n2cnnn2)cc1)c1ccccc1. The van der Waals surface area contributed by atoms with Crippen LogP contribution in [0.4, 0.5) is 0 Å². The van der Waals surface area contributed by atoms with Crippen molar-refractivity contribution in [1.82, 2.24) is 25.5 Å². The van der Waals surface area contributed by atoms with E-state index < -0.39 is 5.97 Å². The summed E-state index contributed by atoms with van der Waals surface area (Å²) in [5.41, 5.74) is 2.08. The van der Waals surface area contributed by atoms with Gasteiger partial charge in [0.05, 0.1) is 17.3 Å². The number of hydrogen-bond donors (Lipinski definition) is 1. The van der Waals surface area contributed by atoms with Crippen LogP contribution >= 0.6 is 0 Å². The molecule has 29 heavy (non-hydrogen) atoms. The fraction of sp³-hybridized carbons (Fsp3) is 0.286. The Labute approximate surface area is 168 Å². The Morgan fingerprint density at radius 3 is 2.41 bits per heavy atom. The lowest BCUT2D eigenvalue weighted by Gasteiger charge is -2.21. The molecule has 1 heterocycles. The maximum absolute atomic E-state index is 12.3. The predicted molar refractivity (Wildman–Crippen MR) is 106 cm³/mol. The monoisotopic (exact) mass is 393 g/mol. The predicted octanol–water partition coefficient (Wildman–Crippen LogP) is 2.72. The first kappa shape index (κ1) is 20.2. The van der Waals surface area contributed by atoms with Crippen LogP contribution in [0, 0.1) is 5.92 Å². The van der Waals surface area contributed by atoms with Crippen LogP contribution in [0.3, 0.4) is 0 Å². The van der Waals surface area contributed by atoms with E-state index in [-0.39, 0.29) is 18.6 Å². The molecule has 3 rings (SSSR count). The van der Waals surface area contributed by atoms with Crippen molar-refractivity contribution < 1.29 is 14.3 Å². The number of carbonyl (C=O) groups is 2. The average molecular weight is 393 g/mol. The van der Waals surface area contributed by atoms with Crippen molar-refractivity contribution in [1.29, 1.82) is 0 Å². The molecular weight excluding hydrogens is 370 g/mol. The fourth-order valence-corrected chi connectivity index (χ4v) is 2.92. The van der Waals surface area contributed by atoms with Crippen molar-refractivity contribution in [2.75, 3.05) is 6.61 Å². The molecule has 0 aliphatic carbocycles. The van der Waals surface area contributed by atoms with Crippen LogP contribution in [0.25, 0.3) is 5.69 Å². The Bertz CT molecular complexity index is 925. The van der Waals surface area contributed by atoms with Gasteiger partial charge in [-0.1, -0.05) is 44.2 Å². The fourth-order valence-electron chi connectivity index (χ4n) is 2.92. The largest absolute Gasteiger partial charge is 0.452 e. The molecule has 150 valence electrons. The number of nitrogens with one attached hydrogen (secondary N) is 1. The first-order valence-corrected chi connectivity index (χ1v) is 9.38. The van der Waals surface area contributed by atoms with Gasteiger partial charge in [-0.2, -0.15) is 0 Å². The average Bonchev–Trinajstić information content (AvgIpc) is 3.27. The van der Waals surface area contributed by atoms with Crippen LogP contribution in [0.1, 0.15) is 42.2 Å². The summed E-state index contributed by atoms with van der Waals surface area (Å²) in [4.78, 5) is 24.6. The zero-order valence-electron chi connectivity index (χ0n) is 16.4. The van der Waals surface area contributed by atoms with E-state index in [4.69, 9.17) is 4.74 Å². The van der Waals surface area contributed by atoms with Crippen LogP contribution in [0.15, 0.2) is 60.9 Å². The van der Waals surface area contributed by atoms with Gasteiger partial charge in [0.1, 0.15) is 6.33 Å². The molecular formula is C21H23N5O3. The molecule has 0 saturated heterocycles. The highest BCUT2D eigenvalue weighted by Crippen LogP contribution is 2.21. The van der Waals surface area contributed by atoms with Crippen molar-refractivity contribution in [2.45, 2.75) is 26.3 Å². The molecule has 2 aromatic carbocycles. The van der Waals surface area contributed by atoms with Crippen LogP contribution in [0.5, 0.6) is 0 Å². The molecule has 0 aliphatic heterocycles. The van der Waals surface area contributed by atoms with E-state index in [0.29, 0.717) is 17.2 Å². The third-order valence-corrected chi connectivity index (χ3v) is 4.30. The van der Waals surface area contributed by atoms with E-state index in [0.717, 1.165) is 12.0 Å². The summed E-state index contributed by atoms with van der Waals surface area (Å²) < 4.78 is 6.64. The van der Waals surface area contributed by atoms with E-state index in [9.17, 15) is 9.59 Å². The van der Waals surface area contributed by atoms with Gasteiger partial charge in [-0.15, -0.1) is 5.10 Å². The highest BCUT2D eigenvalue weighted by Gasteiger charge is 2.17. The summed E-state index contributed by atoms with van der Waals surface area (Å²) in [6.45, 7) is 3.86. The molecule has 1 atom stereocenters. The number of aromatic nitrogens is 4. The lowest BCUT2D eigenvalue weighted by atomic mass is 9.97. The Balaban J connectivity index is 1.55. The Hall–Kier alpha value is -3.55.